The molecule has 0 radical (unpaired) electrons. The fourth-order valence-corrected chi connectivity index (χ4v) is 3.07. The maximum atomic E-state index is 4.82. The Morgan fingerprint density at radius 3 is 2.67 bits per heavy atom. The molecule has 0 aliphatic carbocycles. The number of piperidine rings is 1. The van der Waals surface area contributed by atoms with E-state index < -0.39 is 0 Å². The number of guanidine groups is 1. The van der Waals surface area contributed by atoms with E-state index >= 15 is 0 Å². The Balaban J connectivity index is 1.84. The minimum atomic E-state index is 0.115. The topological polar surface area (TPSA) is 52.6 Å². The van der Waals surface area contributed by atoms with Crippen LogP contribution in [0, 0.1) is 0 Å². The molecule has 24 heavy (non-hydrogen) atoms. The van der Waals surface area contributed by atoms with Crippen LogP contribution in [0.3, 0.4) is 0 Å². The Labute approximate surface area is 147 Å². The quantitative estimate of drug-likeness (QED) is 0.595. The first kappa shape index (κ1) is 18.7. The molecule has 1 saturated heterocycles. The molecule has 0 aromatic carbocycles. The molecule has 1 aromatic heterocycles. The van der Waals surface area contributed by atoms with Crippen LogP contribution in [0.25, 0.3) is 0 Å². The fourth-order valence-electron chi connectivity index (χ4n) is 3.07. The summed E-state index contributed by atoms with van der Waals surface area (Å²) < 4.78 is 0. The van der Waals surface area contributed by atoms with Gasteiger partial charge < -0.3 is 10.6 Å². The second kappa shape index (κ2) is 9.62. The molecule has 0 spiro atoms. The van der Waals surface area contributed by atoms with Crippen LogP contribution in [0.2, 0.25) is 0 Å². The van der Waals surface area contributed by atoms with Crippen LogP contribution in [0.5, 0.6) is 0 Å². The van der Waals surface area contributed by atoms with Crippen molar-refractivity contribution in [3.8, 4) is 0 Å². The van der Waals surface area contributed by atoms with Crippen molar-refractivity contribution >= 4 is 5.96 Å². The summed E-state index contributed by atoms with van der Waals surface area (Å²) in [4.78, 5) is 11.8. The second-order valence-electron chi connectivity index (χ2n) is 7.05. The van der Waals surface area contributed by atoms with Gasteiger partial charge in [0.25, 0.3) is 0 Å². The summed E-state index contributed by atoms with van der Waals surface area (Å²) in [6, 6.07) is 6.04. The molecule has 134 valence electrons. The lowest BCUT2D eigenvalue weighted by Crippen LogP contribution is -2.49. The highest BCUT2D eigenvalue weighted by Crippen LogP contribution is 2.20. The van der Waals surface area contributed by atoms with Crippen molar-refractivity contribution in [3.05, 3.63) is 30.1 Å². The fraction of sp³-hybridized carbons (Fsp3) is 0.684. The third-order valence-corrected chi connectivity index (χ3v) is 4.58. The van der Waals surface area contributed by atoms with Gasteiger partial charge in [0.2, 0.25) is 0 Å². The molecule has 2 N–H and O–H groups in total. The molecule has 0 bridgehead atoms. The largest absolute Gasteiger partial charge is 0.357 e. The van der Waals surface area contributed by atoms with Crippen LogP contribution >= 0.6 is 0 Å². The SMILES string of the molecule is CCNC(=NCC(C)(C)N1CCCCC1)NCCc1ccccn1. The highest BCUT2D eigenvalue weighted by molar-refractivity contribution is 5.79. The summed E-state index contributed by atoms with van der Waals surface area (Å²) in [7, 11) is 0. The molecular weight excluding hydrogens is 298 g/mol. The van der Waals surface area contributed by atoms with E-state index in [2.05, 4.69) is 47.4 Å². The van der Waals surface area contributed by atoms with Crippen molar-refractivity contribution < 1.29 is 0 Å². The van der Waals surface area contributed by atoms with E-state index in [4.69, 9.17) is 4.99 Å². The lowest BCUT2D eigenvalue weighted by atomic mass is 9.99. The average molecular weight is 332 g/mol. The van der Waals surface area contributed by atoms with Gasteiger partial charge in [-0.15, -0.1) is 0 Å². The van der Waals surface area contributed by atoms with Crippen molar-refractivity contribution in [1.82, 2.24) is 20.5 Å². The normalized spacial score (nSPS) is 16.9. The van der Waals surface area contributed by atoms with E-state index in [9.17, 15) is 0 Å². The Hall–Kier alpha value is -1.62. The summed E-state index contributed by atoms with van der Waals surface area (Å²) in [5.74, 6) is 0.901. The van der Waals surface area contributed by atoms with Gasteiger partial charge in [-0.3, -0.25) is 14.9 Å². The molecule has 2 heterocycles. The van der Waals surface area contributed by atoms with E-state index in [1.54, 1.807) is 0 Å². The molecule has 1 aliphatic heterocycles. The maximum absolute atomic E-state index is 4.82. The Morgan fingerprint density at radius 2 is 2.00 bits per heavy atom. The number of hydrogen-bond donors (Lipinski definition) is 2. The molecule has 5 heteroatoms. The van der Waals surface area contributed by atoms with Crippen molar-refractivity contribution in [2.75, 3.05) is 32.7 Å². The van der Waals surface area contributed by atoms with Crippen LogP contribution in [0.15, 0.2) is 29.4 Å². The van der Waals surface area contributed by atoms with Crippen molar-refractivity contribution in [2.24, 2.45) is 4.99 Å². The highest BCUT2D eigenvalue weighted by Gasteiger charge is 2.27. The van der Waals surface area contributed by atoms with E-state index in [0.717, 1.165) is 37.7 Å². The van der Waals surface area contributed by atoms with Gasteiger partial charge in [-0.1, -0.05) is 12.5 Å². The molecule has 1 aromatic rings. The molecule has 1 fully saturated rings. The van der Waals surface area contributed by atoms with E-state index in [1.807, 2.05) is 18.3 Å². The van der Waals surface area contributed by atoms with Crippen LogP contribution < -0.4 is 10.6 Å². The standard InChI is InChI=1S/C19H33N5/c1-4-20-18(22-13-11-17-10-6-7-12-21-17)23-16-19(2,3)24-14-8-5-9-15-24/h6-7,10,12H,4-5,8-9,11,13-16H2,1-3H3,(H2,20,22,23). The van der Waals surface area contributed by atoms with Gasteiger partial charge in [-0.2, -0.15) is 0 Å². The van der Waals surface area contributed by atoms with Crippen LogP contribution in [0.1, 0.15) is 45.7 Å². The molecule has 0 saturated carbocycles. The third-order valence-electron chi connectivity index (χ3n) is 4.58. The number of hydrogen-bond acceptors (Lipinski definition) is 3. The summed E-state index contributed by atoms with van der Waals surface area (Å²) >= 11 is 0. The van der Waals surface area contributed by atoms with Gasteiger partial charge in [-0.05, 0) is 58.8 Å². The minimum Gasteiger partial charge on any atom is -0.357 e. The first-order chi connectivity index (χ1) is 11.6. The number of likely N-dealkylation sites (tertiary alicyclic amines) is 1. The van der Waals surface area contributed by atoms with Gasteiger partial charge in [0.15, 0.2) is 5.96 Å². The lowest BCUT2D eigenvalue weighted by Gasteiger charge is -2.40. The number of nitrogens with one attached hydrogen (secondary N) is 2. The maximum Gasteiger partial charge on any atom is 0.191 e. The van der Waals surface area contributed by atoms with Gasteiger partial charge in [0, 0.05) is 36.9 Å². The zero-order valence-corrected chi connectivity index (χ0v) is 15.5. The molecule has 0 unspecified atom stereocenters. The van der Waals surface area contributed by atoms with Crippen LogP contribution in [0.4, 0.5) is 0 Å². The molecule has 2 rings (SSSR count). The van der Waals surface area contributed by atoms with Crippen molar-refractivity contribution in [3.63, 3.8) is 0 Å². The highest BCUT2D eigenvalue weighted by atomic mass is 15.2. The van der Waals surface area contributed by atoms with Gasteiger partial charge in [-0.25, -0.2) is 0 Å². The smallest absolute Gasteiger partial charge is 0.191 e. The predicted molar refractivity (Wildman–Crippen MR) is 101 cm³/mol. The lowest BCUT2D eigenvalue weighted by molar-refractivity contribution is 0.102. The first-order valence-electron chi connectivity index (χ1n) is 9.29. The predicted octanol–water partition coefficient (Wildman–Crippen LogP) is 2.44. The summed E-state index contributed by atoms with van der Waals surface area (Å²) in [6.45, 7) is 11.6. The summed E-state index contributed by atoms with van der Waals surface area (Å²) in [6.07, 6.45) is 6.75. The van der Waals surface area contributed by atoms with Crippen LogP contribution in [-0.4, -0.2) is 54.1 Å². The Bertz CT molecular complexity index is 492. The molecule has 0 amide bonds. The van der Waals surface area contributed by atoms with Gasteiger partial charge >= 0.3 is 0 Å². The van der Waals surface area contributed by atoms with Crippen LogP contribution in [-0.2, 0) is 6.42 Å². The van der Waals surface area contributed by atoms with E-state index in [-0.39, 0.29) is 5.54 Å². The number of rotatable bonds is 7. The molecule has 0 atom stereocenters. The summed E-state index contributed by atoms with van der Waals surface area (Å²) in [5.41, 5.74) is 1.22. The number of nitrogens with zero attached hydrogens (tertiary/aromatic N) is 3. The van der Waals surface area contributed by atoms with E-state index in [0.29, 0.717) is 0 Å². The van der Waals surface area contributed by atoms with Gasteiger partial charge in [0.1, 0.15) is 0 Å². The molecule has 5 nitrogen and oxygen atoms in total. The first-order valence-corrected chi connectivity index (χ1v) is 9.29. The monoisotopic (exact) mass is 331 g/mol. The zero-order valence-electron chi connectivity index (χ0n) is 15.5. The molecule has 1 aliphatic rings. The second-order valence-corrected chi connectivity index (χ2v) is 7.05. The average Bonchev–Trinajstić information content (AvgIpc) is 2.61. The molecular formula is C19H33N5. The number of aliphatic imine (C=N–C) groups is 1. The zero-order chi connectivity index (χ0) is 17.3. The number of aromatic nitrogens is 1. The summed E-state index contributed by atoms with van der Waals surface area (Å²) in [5, 5.41) is 6.77. The third kappa shape index (κ3) is 6.11. The van der Waals surface area contributed by atoms with Crippen molar-refractivity contribution in [2.45, 2.75) is 52.0 Å². The van der Waals surface area contributed by atoms with E-state index in [1.165, 1.54) is 32.4 Å². The Morgan fingerprint density at radius 1 is 1.21 bits per heavy atom. The Kier molecular flexibility index (Phi) is 7.50. The minimum absolute atomic E-state index is 0.115. The number of pyridine rings is 1. The van der Waals surface area contributed by atoms with Gasteiger partial charge in [0.05, 0.1) is 6.54 Å². The van der Waals surface area contributed by atoms with Crippen molar-refractivity contribution in [1.29, 1.82) is 0 Å².